The zero-order chi connectivity index (χ0) is 21.9. The van der Waals surface area contributed by atoms with Gasteiger partial charge in [-0.2, -0.15) is 0 Å². The molecule has 1 aromatic heterocycles. The third-order valence-electron chi connectivity index (χ3n) is 5.01. The average Bonchev–Trinajstić information content (AvgIpc) is 2.67. The van der Waals surface area contributed by atoms with Gasteiger partial charge in [-0.3, -0.25) is 14.7 Å². The predicted molar refractivity (Wildman–Crippen MR) is 117 cm³/mol. The van der Waals surface area contributed by atoms with E-state index < -0.39 is 15.6 Å². The minimum absolute atomic E-state index is 0.114. The normalized spacial score (nSPS) is 15.9. The van der Waals surface area contributed by atoms with E-state index in [0.29, 0.717) is 18.7 Å². The Morgan fingerprint density at radius 3 is 2.30 bits per heavy atom. The summed E-state index contributed by atoms with van der Waals surface area (Å²) < 4.78 is 28.0. The topological polar surface area (TPSA) is 82.6 Å². The van der Waals surface area contributed by atoms with Gasteiger partial charge in [-0.25, -0.2) is 13.1 Å². The number of sulfonamides is 1. The first-order chi connectivity index (χ1) is 14.0. The molecule has 0 radical (unpaired) electrons. The Hall–Kier alpha value is -2.29. The molecule has 1 amide bonds. The van der Waals surface area contributed by atoms with Gasteiger partial charge in [0.15, 0.2) is 0 Å². The summed E-state index contributed by atoms with van der Waals surface area (Å²) in [6.45, 7) is 10.8. The van der Waals surface area contributed by atoms with E-state index in [0.717, 1.165) is 25.2 Å². The van der Waals surface area contributed by atoms with Crippen LogP contribution in [0, 0.1) is 6.92 Å². The number of amides is 1. The van der Waals surface area contributed by atoms with Crippen LogP contribution in [0.4, 0.5) is 0 Å². The average molecular weight is 431 g/mol. The summed E-state index contributed by atoms with van der Waals surface area (Å²) in [5.74, 6) is -0.121. The van der Waals surface area contributed by atoms with Gasteiger partial charge < -0.3 is 4.90 Å². The Morgan fingerprint density at radius 1 is 1.07 bits per heavy atom. The summed E-state index contributed by atoms with van der Waals surface area (Å²) in [4.78, 5) is 21.4. The zero-order valence-electron chi connectivity index (χ0n) is 18.1. The molecule has 7 nitrogen and oxygen atoms in total. The van der Waals surface area contributed by atoms with E-state index >= 15 is 0 Å². The summed E-state index contributed by atoms with van der Waals surface area (Å²) in [5, 5.41) is 0. The first kappa shape index (κ1) is 22.4. The number of pyridine rings is 1. The lowest BCUT2D eigenvalue weighted by Gasteiger charge is -2.35. The molecule has 3 rings (SSSR count). The van der Waals surface area contributed by atoms with Crippen LogP contribution in [0.1, 0.15) is 42.3 Å². The van der Waals surface area contributed by atoms with E-state index in [1.165, 1.54) is 11.6 Å². The molecule has 0 atom stereocenters. The highest BCUT2D eigenvalue weighted by Gasteiger charge is 2.26. The van der Waals surface area contributed by atoms with Crippen molar-refractivity contribution in [2.24, 2.45) is 0 Å². The van der Waals surface area contributed by atoms with Crippen LogP contribution >= 0.6 is 0 Å². The van der Waals surface area contributed by atoms with Gasteiger partial charge >= 0.3 is 0 Å². The van der Waals surface area contributed by atoms with Gasteiger partial charge in [0.05, 0.1) is 4.90 Å². The molecule has 0 bridgehead atoms. The molecule has 1 aliphatic heterocycles. The minimum Gasteiger partial charge on any atom is -0.336 e. The van der Waals surface area contributed by atoms with Crippen molar-refractivity contribution in [3.8, 4) is 0 Å². The highest BCUT2D eigenvalue weighted by Crippen LogP contribution is 2.20. The number of nitrogens with zero attached hydrogens (tertiary/aromatic N) is 3. The lowest BCUT2D eigenvalue weighted by molar-refractivity contribution is 0.0627. The quantitative estimate of drug-likeness (QED) is 0.788. The van der Waals surface area contributed by atoms with Crippen LogP contribution in [0.5, 0.6) is 0 Å². The second-order valence-electron chi connectivity index (χ2n) is 8.76. The second kappa shape index (κ2) is 8.83. The molecule has 1 aliphatic rings. The predicted octanol–water partition coefficient (Wildman–Crippen LogP) is 2.42. The number of rotatable bonds is 5. The van der Waals surface area contributed by atoms with Crippen LogP contribution in [0.2, 0.25) is 0 Å². The maximum Gasteiger partial charge on any atom is 0.254 e. The van der Waals surface area contributed by atoms with Crippen LogP contribution in [-0.2, 0) is 16.6 Å². The monoisotopic (exact) mass is 430 g/mol. The number of aryl methyl sites for hydroxylation is 1. The Labute approximate surface area is 179 Å². The molecule has 0 saturated carbocycles. The molecule has 8 heteroatoms. The van der Waals surface area contributed by atoms with Gasteiger partial charge in [-0.05, 0) is 63.1 Å². The molecular weight excluding hydrogens is 400 g/mol. The van der Waals surface area contributed by atoms with Gasteiger partial charge in [0.1, 0.15) is 0 Å². The molecular formula is C22H30N4O3S. The lowest BCUT2D eigenvalue weighted by atomic mass is 10.1. The van der Waals surface area contributed by atoms with Crippen molar-refractivity contribution >= 4 is 15.9 Å². The van der Waals surface area contributed by atoms with Crippen molar-refractivity contribution < 1.29 is 13.2 Å². The van der Waals surface area contributed by atoms with Gasteiger partial charge in [0.25, 0.3) is 5.91 Å². The van der Waals surface area contributed by atoms with Crippen molar-refractivity contribution in [3.05, 3.63) is 59.4 Å². The van der Waals surface area contributed by atoms with E-state index in [1.54, 1.807) is 50.2 Å². The molecule has 0 unspecified atom stereocenters. The lowest BCUT2D eigenvalue weighted by Crippen LogP contribution is -2.48. The van der Waals surface area contributed by atoms with Crippen LogP contribution in [0.15, 0.2) is 47.6 Å². The fourth-order valence-electron chi connectivity index (χ4n) is 3.49. The van der Waals surface area contributed by atoms with Gasteiger partial charge in [0, 0.05) is 56.2 Å². The summed E-state index contributed by atoms with van der Waals surface area (Å²) >= 11 is 0. The molecule has 1 N–H and O–H groups in total. The van der Waals surface area contributed by atoms with Crippen LogP contribution < -0.4 is 4.72 Å². The number of nitrogens with one attached hydrogen (secondary N) is 1. The summed E-state index contributed by atoms with van der Waals surface area (Å²) in [5.41, 5.74) is 1.81. The van der Waals surface area contributed by atoms with Crippen LogP contribution in [-0.4, -0.2) is 60.8 Å². The van der Waals surface area contributed by atoms with Crippen molar-refractivity contribution in [3.63, 3.8) is 0 Å². The molecule has 2 heterocycles. The number of carbonyl (C=O) groups excluding carboxylic acids is 1. The van der Waals surface area contributed by atoms with E-state index in [1.807, 2.05) is 19.1 Å². The zero-order valence-corrected chi connectivity index (χ0v) is 18.9. The van der Waals surface area contributed by atoms with E-state index in [9.17, 15) is 13.2 Å². The minimum atomic E-state index is -3.70. The number of piperazine rings is 1. The first-order valence-corrected chi connectivity index (χ1v) is 11.6. The summed E-state index contributed by atoms with van der Waals surface area (Å²) in [7, 11) is -3.70. The molecule has 0 spiro atoms. The maximum absolute atomic E-state index is 13.1. The molecule has 0 aliphatic carbocycles. The van der Waals surface area contributed by atoms with E-state index in [2.05, 4.69) is 14.6 Å². The van der Waals surface area contributed by atoms with Gasteiger partial charge in [-0.1, -0.05) is 6.07 Å². The third kappa shape index (κ3) is 5.65. The van der Waals surface area contributed by atoms with E-state index in [-0.39, 0.29) is 10.8 Å². The standard InChI is InChI=1S/C22H30N4O3S/c1-17-5-6-19(30(28,29)24-22(2,3)4)15-20(17)21(27)26-13-11-25(12-14-26)16-18-7-9-23-10-8-18/h5-10,15,24H,11-14,16H2,1-4H3. The molecule has 1 fully saturated rings. The third-order valence-corrected chi connectivity index (χ3v) is 6.76. The molecule has 1 saturated heterocycles. The fraction of sp³-hybridized carbons (Fsp3) is 0.455. The number of carbonyl (C=O) groups is 1. The van der Waals surface area contributed by atoms with Gasteiger partial charge in [0.2, 0.25) is 10.0 Å². The summed E-state index contributed by atoms with van der Waals surface area (Å²) in [6, 6.07) is 8.74. The fourth-order valence-corrected chi connectivity index (χ4v) is 4.93. The first-order valence-electron chi connectivity index (χ1n) is 10.1. The highest BCUT2D eigenvalue weighted by atomic mass is 32.2. The Bertz CT molecular complexity index is 993. The largest absolute Gasteiger partial charge is 0.336 e. The highest BCUT2D eigenvalue weighted by molar-refractivity contribution is 7.89. The smallest absolute Gasteiger partial charge is 0.254 e. The number of hydrogen-bond donors (Lipinski definition) is 1. The van der Waals surface area contributed by atoms with E-state index in [4.69, 9.17) is 0 Å². The van der Waals surface area contributed by atoms with Gasteiger partial charge in [-0.15, -0.1) is 0 Å². The van der Waals surface area contributed by atoms with Crippen molar-refractivity contribution in [1.29, 1.82) is 0 Å². The number of hydrogen-bond acceptors (Lipinski definition) is 5. The molecule has 2 aromatic rings. The Balaban J connectivity index is 1.70. The van der Waals surface area contributed by atoms with Crippen molar-refractivity contribution in [1.82, 2.24) is 19.5 Å². The molecule has 1 aromatic carbocycles. The number of benzene rings is 1. The SMILES string of the molecule is Cc1ccc(S(=O)(=O)NC(C)(C)C)cc1C(=O)N1CCN(Cc2ccncc2)CC1. The number of aromatic nitrogens is 1. The molecule has 162 valence electrons. The van der Waals surface area contributed by atoms with Crippen LogP contribution in [0.3, 0.4) is 0 Å². The Morgan fingerprint density at radius 2 is 1.70 bits per heavy atom. The maximum atomic E-state index is 13.1. The molecule has 30 heavy (non-hydrogen) atoms. The second-order valence-corrected chi connectivity index (χ2v) is 10.4. The van der Waals surface area contributed by atoms with Crippen LogP contribution in [0.25, 0.3) is 0 Å². The summed E-state index contributed by atoms with van der Waals surface area (Å²) in [6.07, 6.45) is 3.57. The Kier molecular flexibility index (Phi) is 6.59. The van der Waals surface area contributed by atoms with Crippen molar-refractivity contribution in [2.75, 3.05) is 26.2 Å². The van der Waals surface area contributed by atoms with Crippen molar-refractivity contribution in [2.45, 2.75) is 44.7 Å².